The fourth-order valence-electron chi connectivity index (χ4n) is 2.15. The van der Waals surface area contributed by atoms with E-state index in [9.17, 15) is 0 Å². The first-order valence-electron chi connectivity index (χ1n) is 9.28. The summed E-state index contributed by atoms with van der Waals surface area (Å²) in [7, 11) is 0. The molecule has 0 bridgehead atoms. The number of ether oxygens (including phenoxy) is 4. The van der Waals surface area contributed by atoms with Crippen molar-refractivity contribution in [1.82, 2.24) is 0 Å². The predicted octanol–water partition coefficient (Wildman–Crippen LogP) is 4.63. The smallest absolute Gasteiger partial charge is 0.0701 e. The average molecular weight is 444 g/mol. The van der Waals surface area contributed by atoms with Crippen LogP contribution in [0.5, 0.6) is 0 Å². The second kappa shape index (κ2) is 22.6. The Bertz CT molecular complexity index is 185. The standard InChI is InChI=1S/C18H37IO4/c1-2-3-4-5-6-7-8-9-11-20-13-15-22-17-18-23-16-14-21-12-10-19/h2-18H2,1H3. The first-order chi connectivity index (χ1) is 11.4. The molecule has 140 valence electrons. The van der Waals surface area contributed by atoms with Gasteiger partial charge in [0, 0.05) is 11.0 Å². The highest BCUT2D eigenvalue weighted by molar-refractivity contribution is 14.1. The lowest BCUT2D eigenvalue weighted by Crippen LogP contribution is -2.12. The topological polar surface area (TPSA) is 36.9 Å². The largest absolute Gasteiger partial charge is 0.379 e. The summed E-state index contributed by atoms with van der Waals surface area (Å²) in [5, 5.41) is 0. The summed E-state index contributed by atoms with van der Waals surface area (Å²) in [6.07, 6.45) is 10.7. The molecule has 0 atom stereocenters. The van der Waals surface area contributed by atoms with Crippen LogP contribution in [0.25, 0.3) is 0 Å². The van der Waals surface area contributed by atoms with Crippen LogP contribution in [0.3, 0.4) is 0 Å². The number of unbranched alkanes of at least 4 members (excludes halogenated alkanes) is 7. The Kier molecular flexibility index (Phi) is 23.1. The van der Waals surface area contributed by atoms with Crippen LogP contribution in [0.2, 0.25) is 0 Å². The van der Waals surface area contributed by atoms with Gasteiger partial charge >= 0.3 is 0 Å². The van der Waals surface area contributed by atoms with Gasteiger partial charge in [-0.2, -0.15) is 0 Å². The van der Waals surface area contributed by atoms with Crippen LogP contribution in [-0.2, 0) is 18.9 Å². The van der Waals surface area contributed by atoms with Crippen molar-refractivity contribution in [2.24, 2.45) is 0 Å². The van der Waals surface area contributed by atoms with E-state index in [2.05, 4.69) is 29.5 Å². The van der Waals surface area contributed by atoms with Crippen molar-refractivity contribution in [2.75, 3.05) is 57.3 Å². The Balaban J connectivity index is 2.92. The molecule has 0 aliphatic rings. The van der Waals surface area contributed by atoms with E-state index in [0.29, 0.717) is 39.6 Å². The van der Waals surface area contributed by atoms with Gasteiger partial charge < -0.3 is 18.9 Å². The van der Waals surface area contributed by atoms with Crippen LogP contribution >= 0.6 is 22.6 Å². The molecule has 4 nitrogen and oxygen atoms in total. The summed E-state index contributed by atoms with van der Waals surface area (Å²) in [6, 6.07) is 0. The zero-order valence-corrected chi connectivity index (χ0v) is 17.2. The molecule has 0 fully saturated rings. The summed E-state index contributed by atoms with van der Waals surface area (Å²) in [4.78, 5) is 0. The lowest BCUT2D eigenvalue weighted by molar-refractivity contribution is -0.000458. The maximum absolute atomic E-state index is 5.56. The Morgan fingerprint density at radius 1 is 0.478 bits per heavy atom. The molecular weight excluding hydrogens is 407 g/mol. The summed E-state index contributed by atoms with van der Waals surface area (Å²) < 4.78 is 22.8. The third-order valence-corrected chi connectivity index (χ3v) is 3.92. The van der Waals surface area contributed by atoms with Crippen LogP contribution in [0.15, 0.2) is 0 Å². The van der Waals surface area contributed by atoms with Crippen molar-refractivity contribution in [3.63, 3.8) is 0 Å². The molecule has 0 unspecified atom stereocenters. The Hall–Kier alpha value is 0.570. The fraction of sp³-hybridized carbons (Fsp3) is 1.00. The molecule has 23 heavy (non-hydrogen) atoms. The van der Waals surface area contributed by atoms with E-state index >= 15 is 0 Å². The van der Waals surface area contributed by atoms with Gasteiger partial charge in [-0.15, -0.1) is 0 Å². The highest BCUT2D eigenvalue weighted by Gasteiger charge is 1.94. The maximum atomic E-state index is 5.56. The first kappa shape index (κ1) is 23.6. The molecule has 0 amide bonds. The molecule has 0 saturated carbocycles. The third-order valence-electron chi connectivity index (χ3n) is 3.48. The van der Waals surface area contributed by atoms with E-state index in [0.717, 1.165) is 17.6 Å². The molecule has 0 saturated heterocycles. The second-order valence-electron chi connectivity index (χ2n) is 5.61. The van der Waals surface area contributed by atoms with Gasteiger partial charge in [0.2, 0.25) is 0 Å². The molecule has 0 spiro atoms. The highest BCUT2D eigenvalue weighted by Crippen LogP contribution is 2.08. The number of halogens is 1. The van der Waals surface area contributed by atoms with Gasteiger partial charge in [0.1, 0.15) is 0 Å². The molecule has 0 aromatic rings. The highest BCUT2D eigenvalue weighted by atomic mass is 127. The normalized spacial score (nSPS) is 11.2. The lowest BCUT2D eigenvalue weighted by Gasteiger charge is -2.07. The van der Waals surface area contributed by atoms with Gasteiger partial charge in [-0.3, -0.25) is 0 Å². The van der Waals surface area contributed by atoms with Crippen LogP contribution in [0.4, 0.5) is 0 Å². The molecule has 0 aromatic heterocycles. The summed E-state index contributed by atoms with van der Waals surface area (Å²) in [5.74, 6) is 0. The summed E-state index contributed by atoms with van der Waals surface area (Å²) in [5.41, 5.74) is 0. The minimum atomic E-state index is 0.631. The van der Waals surface area contributed by atoms with Gasteiger partial charge in [0.05, 0.1) is 46.2 Å². The van der Waals surface area contributed by atoms with Gasteiger partial charge in [0.15, 0.2) is 0 Å². The number of hydrogen-bond donors (Lipinski definition) is 0. The van der Waals surface area contributed by atoms with E-state index in [-0.39, 0.29) is 0 Å². The van der Waals surface area contributed by atoms with Crippen molar-refractivity contribution in [1.29, 1.82) is 0 Å². The maximum Gasteiger partial charge on any atom is 0.0701 e. The first-order valence-corrected chi connectivity index (χ1v) is 10.8. The Morgan fingerprint density at radius 3 is 1.35 bits per heavy atom. The molecule has 0 radical (unpaired) electrons. The zero-order chi connectivity index (χ0) is 16.8. The molecule has 0 aliphatic heterocycles. The molecule has 0 N–H and O–H groups in total. The Morgan fingerprint density at radius 2 is 0.870 bits per heavy atom. The number of alkyl halides is 1. The van der Waals surface area contributed by atoms with Gasteiger partial charge in [0.25, 0.3) is 0 Å². The number of hydrogen-bond acceptors (Lipinski definition) is 4. The fourth-order valence-corrected chi connectivity index (χ4v) is 2.47. The van der Waals surface area contributed by atoms with Gasteiger partial charge in [-0.05, 0) is 6.42 Å². The van der Waals surface area contributed by atoms with Crippen LogP contribution in [0.1, 0.15) is 58.3 Å². The summed E-state index contributed by atoms with van der Waals surface area (Å²) >= 11 is 2.29. The molecule has 0 heterocycles. The van der Waals surface area contributed by atoms with Crippen molar-refractivity contribution < 1.29 is 18.9 Å². The third kappa shape index (κ3) is 22.6. The van der Waals surface area contributed by atoms with E-state index in [1.54, 1.807) is 0 Å². The quantitative estimate of drug-likeness (QED) is 0.156. The minimum Gasteiger partial charge on any atom is -0.379 e. The van der Waals surface area contributed by atoms with E-state index in [1.807, 2.05) is 0 Å². The monoisotopic (exact) mass is 444 g/mol. The van der Waals surface area contributed by atoms with Gasteiger partial charge in [-0.1, -0.05) is 74.5 Å². The second-order valence-corrected chi connectivity index (χ2v) is 6.69. The van der Waals surface area contributed by atoms with E-state index < -0.39 is 0 Å². The molecular formula is C18H37IO4. The van der Waals surface area contributed by atoms with Crippen LogP contribution < -0.4 is 0 Å². The predicted molar refractivity (Wildman–Crippen MR) is 105 cm³/mol. The molecule has 0 aromatic carbocycles. The zero-order valence-electron chi connectivity index (χ0n) is 15.0. The Labute approximate surface area is 157 Å². The summed E-state index contributed by atoms with van der Waals surface area (Å²) in [6.45, 7) is 7.86. The molecule has 0 aliphatic carbocycles. The van der Waals surface area contributed by atoms with Crippen LogP contribution in [-0.4, -0.2) is 57.3 Å². The van der Waals surface area contributed by atoms with Crippen LogP contribution in [0, 0.1) is 0 Å². The van der Waals surface area contributed by atoms with Crippen molar-refractivity contribution in [2.45, 2.75) is 58.3 Å². The average Bonchev–Trinajstić information content (AvgIpc) is 2.57. The minimum absolute atomic E-state index is 0.631. The molecule has 0 rings (SSSR count). The SMILES string of the molecule is CCCCCCCCCCOCCOCCOCCOCCI. The van der Waals surface area contributed by atoms with E-state index in [1.165, 1.54) is 51.4 Å². The lowest BCUT2D eigenvalue weighted by atomic mass is 10.1. The number of rotatable bonds is 20. The van der Waals surface area contributed by atoms with Crippen molar-refractivity contribution in [3.8, 4) is 0 Å². The molecule has 5 heteroatoms. The van der Waals surface area contributed by atoms with E-state index in [4.69, 9.17) is 18.9 Å². The van der Waals surface area contributed by atoms with Crippen molar-refractivity contribution >= 4 is 22.6 Å². The van der Waals surface area contributed by atoms with Gasteiger partial charge in [-0.25, -0.2) is 0 Å². The van der Waals surface area contributed by atoms with Crippen molar-refractivity contribution in [3.05, 3.63) is 0 Å².